The highest BCUT2D eigenvalue weighted by molar-refractivity contribution is 5.97. The molecule has 1 unspecified atom stereocenters. The van der Waals surface area contributed by atoms with Crippen LogP contribution in [-0.2, 0) is 16.8 Å². The summed E-state index contributed by atoms with van der Waals surface area (Å²) < 4.78 is 1.82. The Bertz CT molecular complexity index is 514. The Morgan fingerprint density at radius 2 is 2.00 bits per heavy atom. The van der Waals surface area contributed by atoms with Crippen LogP contribution < -0.4 is 0 Å². The van der Waals surface area contributed by atoms with E-state index >= 15 is 0 Å². The van der Waals surface area contributed by atoms with Gasteiger partial charge in [0.25, 0.3) is 5.91 Å². The highest BCUT2D eigenvalue weighted by atomic mass is 16.4. The van der Waals surface area contributed by atoms with E-state index in [1.165, 1.54) is 25.1 Å². The van der Waals surface area contributed by atoms with Gasteiger partial charge >= 0.3 is 5.97 Å². The lowest BCUT2D eigenvalue weighted by Gasteiger charge is -2.24. The maximum atomic E-state index is 12.4. The summed E-state index contributed by atoms with van der Waals surface area (Å²) in [5.74, 6) is -1.34. The van der Waals surface area contributed by atoms with Gasteiger partial charge in [-0.25, -0.2) is 4.79 Å². The fourth-order valence-electron chi connectivity index (χ4n) is 2.00. The molecule has 1 heterocycles. The summed E-state index contributed by atoms with van der Waals surface area (Å²) in [6.45, 7) is 9.47. The molecule has 1 amide bonds. The average Bonchev–Trinajstić information content (AvgIpc) is 2.79. The van der Waals surface area contributed by atoms with Crippen LogP contribution in [0, 0.1) is 0 Å². The number of hydrogen-bond donors (Lipinski definition) is 1. The molecule has 1 aromatic heterocycles. The van der Waals surface area contributed by atoms with Gasteiger partial charge in [-0.1, -0.05) is 6.92 Å². The van der Waals surface area contributed by atoms with E-state index in [4.69, 9.17) is 5.11 Å². The number of rotatable bonds is 4. The smallest absolute Gasteiger partial charge is 0.326 e. The van der Waals surface area contributed by atoms with Crippen molar-refractivity contribution in [1.29, 1.82) is 0 Å². The molecule has 112 valence electrons. The molecule has 0 radical (unpaired) electrons. The largest absolute Gasteiger partial charge is 0.480 e. The van der Waals surface area contributed by atoms with Crippen LogP contribution in [0.25, 0.3) is 0 Å². The zero-order valence-electron chi connectivity index (χ0n) is 13.0. The van der Waals surface area contributed by atoms with E-state index in [2.05, 4.69) is 5.10 Å². The number of carboxylic acids is 1. The summed E-state index contributed by atoms with van der Waals surface area (Å²) in [7, 11) is 1.50. The molecule has 1 atom stereocenters. The molecular weight excluding hydrogens is 258 g/mol. The fraction of sp³-hybridized carbons (Fsp3) is 0.643. The van der Waals surface area contributed by atoms with Crippen LogP contribution in [0.5, 0.6) is 0 Å². The Morgan fingerprint density at radius 3 is 2.40 bits per heavy atom. The van der Waals surface area contributed by atoms with Gasteiger partial charge in [0.1, 0.15) is 6.04 Å². The molecule has 6 nitrogen and oxygen atoms in total. The second-order valence-corrected chi connectivity index (χ2v) is 5.87. The zero-order chi connectivity index (χ0) is 15.7. The first kappa shape index (κ1) is 16.2. The third-order valence-corrected chi connectivity index (χ3v) is 3.33. The number of aliphatic carboxylic acids is 1. The highest BCUT2D eigenvalue weighted by Gasteiger charge is 2.28. The molecule has 0 aliphatic rings. The van der Waals surface area contributed by atoms with Crippen LogP contribution in [0.2, 0.25) is 0 Å². The standard InChI is InChI=1S/C14H23N3O3/c1-7-11-10(8-15-17(11)14(3,4)5)12(18)16(6)9(2)13(19)20/h8-9H,7H2,1-6H3,(H,19,20). The van der Waals surface area contributed by atoms with Crippen molar-refractivity contribution >= 4 is 11.9 Å². The quantitative estimate of drug-likeness (QED) is 0.912. The number of carbonyl (C=O) groups is 2. The Labute approximate surface area is 119 Å². The van der Waals surface area contributed by atoms with Gasteiger partial charge in [0.2, 0.25) is 0 Å². The molecule has 0 aliphatic heterocycles. The molecule has 20 heavy (non-hydrogen) atoms. The van der Waals surface area contributed by atoms with E-state index in [1.54, 1.807) is 0 Å². The third-order valence-electron chi connectivity index (χ3n) is 3.33. The van der Waals surface area contributed by atoms with Gasteiger partial charge in [-0.3, -0.25) is 9.48 Å². The average molecular weight is 281 g/mol. The maximum absolute atomic E-state index is 12.4. The predicted octanol–water partition coefficient (Wildman–Crippen LogP) is 1.75. The van der Waals surface area contributed by atoms with E-state index in [1.807, 2.05) is 32.4 Å². The van der Waals surface area contributed by atoms with Crippen LogP contribution in [0.1, 0.15) is 50.7 Å². The molecule has 0 spiro atoms. The summed E-state index contributed by atoms with van der Waals surface area (Å²) in [5.41, 5.74) is 1.07. The van der Waals surface area contributed by atoms with Crippen molar-refractivity contribution in [3.05, 3.63) is 17.5 Å². The summed E-state index contributed by atoms with van der Waals surface area (Å²) >= 11 is 0. The van der Waals surface area contributed by atoms with Crippen LogP contribution in [0.15, 0.2) is 6.20 Å². The number of likely N-dealkylation sites (N-methyl/N-ethyl adjacent to an activating group) is 1. The second kappa shape index (κ2) is 5.64. The van der Waals surface area contributed by atoms with E-state index in [0.29, 0.717) is 12.0 Å². The van der Waals surface area contributed by atoms with E-state index in [9.17, 15) is 9.59 Å². The van der Waals surface area contributed by atoms with Gasteiger partial charge in [0.05, 0.1) is 23.0 Å². The first-order valence-corrected chi connectivity index (χ1v) is 6.68. The number of amides is 1. The molecule has 0 aromatic carbocycles. The van der Waals surface area contributed by atoms with Gasteiger partial charge in [0.15, 0.2) is 0 Å². The molecule has 6 heteroatoms. The first-order valence-electron chi connectivity index (χ1n) is 6.68. The van der Waals surface area contributed by atoms with Gasteiger partial charge in [-0.2, -0.15) is 5.10 Å². The van der Waals surface area contributed by atoms with Gasteiger partial charge in [-0.15, -0.1) is 0 Å². The summed E-state index contributed by atoms with van der Waals surface area (Å²) in [5, 5.41) is 13.3. The molecule has 1 N–H and O–H groups in total. The Hall–Kier alpha value is -1.85. The highest BCUT2D eigenvalue weighted by Crippen LogP contribution is 2.21. The summed E-state index contributed by atoms with van der Waals surface area (Å²) in [6.07, 6.45) is 2.19. The Kier molecular flexibility index (Phi) is 4.57. The molecule has 0 bridgehead atoms. The minimum Gasteiger partial charge on any atom is -0.480 e. The van der Waals surface area contributed by atoms with Gasteiger partial charge in [0, 0.05) is 7.05 Å². The Balaban J connectivity index is 3.18. The predicted molar refractivity (Wildman–Crippen MR) is 75.8 cm³/mol. The number of carboxylic acid groups (broad SMARTS) is 1. The number of aromatic nitrogens is 2. The molecule has 0 saturated heterocycles. The first-order chi connectivity index (χ1) is 9.11. The van der Waals surface area contributed by atoms with Crippen molar-refractivity contribution < 1.29 is 14.7 Å². The molecule has 1 aromatic rings. The van der Waals surface area contributed by atoms with Crippen molar-refractivity contribution in [1.82, 2.24) is 14.7 Å². The number of nitrogens with zero attached hydrogens (tertiary/aromatic N) is 3. The van der Waals surface area contributed by atoms with Gasteiger partial charge in [-0.05, 0) is 34.1 Å². The molecule has 1 rings (SSSR count). The number of carbonyl (C=O) groups excluding carboxylic acids is 1. The van der Waals surface area contributed by atoms with Gasteiger partial charge < -0.3 is 10.0 Å². The van der Waals surface area contributed by atoms with E-state index < -0.39 is 12.0 Å². The molecular formula is C14H23N3O3. The lowest BCUT2D eigenvalue weighted by atomic mass is 10.1. The summed E-state index contributed by atoms with van der Waals surface area (Å²) in [4.78, 5) is 24.6. The van der Waals surface area contributed by atoms with Crippen molar-refractivity contribution in [3.8, 4) is 0 Å². The van der Waals surface area contributed by atoms with Crippen molar-refractivity contribution in [2.45, 2.75) is 52.6 Å². The van der Waals surface area contributed by atoms with E-state index in [-0.39, 0.29) is 11.4 Å². The van der Waals surface area contributed by atoms with Crippen molar-refractivity contribution in [3.63, 3.8) is 0 Å². The van der Waals surface area contributed by atoms with Crippen LogP contribution in [0.3, 0.4) is 0 Å². The fourth-order valence-corrected chi connectivity index (χ4v) is 2.00. The molecule has 0 saturated carbocycles. The lowest BCUT2D eigenvalue weighted by Crippen LogP contribution is -2.40. The van der Waals surface area contributed by atoms with Crippen molar-refractivity contribution in [2.75, 3.05) is 7.05 Å². The van der Waals surface area contributed by atoms with E-state index in [0.717, 1.165) is 5.69 Å². The number of hydrogen-bond acceptors (Lipinski definition) is 3. The minimum atomic E-state index is -1.03. The maximum Gasteiger partial charge on any atom is 0.326 e. The normalized spacial score (nSPS) is 13.1. The lowest BCUT2D eigenvalue weighted by molar-refractivity contribution is -0.141. The monoisotopic (exact) mass is 281 g/mol. The second-order valence-electron chi connectivity index (χ2n) is 5.87. The minimum absolute atomic E-state index is 0.221. The topological polar surface area (TPSA) is 75.4 Å². The van der Waals surface area contributed by atoms with Crippen LogP contribution >= 0.6 is 0 Å². The van der Waals surface area contributed by atoms with Crippen molar-refractivity contribution in [2.24, 2.45) is 0 Å². The Morgan fingerprint density at radius 1 is 1.45 bits per heavy atom. The summed E-state index contributed by atoms with van der Waals surface area (Å²) in [6, 6.07) is -0.870. The molecule has 0 fully saturated rings. The van der Waals surface area contributed by atoms with Crippen LogP contribution in [-0.4, -0.2) is 44.8 Å². The van der Waals surface area contributed by atoms with Crippen LogP contribution in [0.4, 0.5) is 0 Å². The molecule has 0 aliphatic carbocycles. The third kappa shape index (κ3) is 3.00. The SMILES string of the molecule is CCc1c(C(=O)N(C)C(C)C(=O)O)cnn1C(C)(C)C. The zero-order valence-corrected chi connectivity index (χ0v) is 13.0.